The Morgan fingerprint density at radius 1 is 0.778 bits per heavy atom. The third kappa shape index (κ3) is 7.60. The monoisotopic (exact) mass is 702 g/mol. The van der Waals surface area contributed by atoms with Crippen LogP contribution in [0.5, 0.6) is 11.5 Å². The number of rotatable bonds is 8. The van der Waals surface area contributed by atoms with Crippen LogP contribution in [0, 0.1) is 11.8 Å². The summed E-state index contributed by atoms with van der Waals surface area (Å²) in [5, 5.41) is 40.1. The molecule has 4 aromatic rings. The Morgan fingerprint density at radius 2 is 1.31 bits per heavy atom. The lowest BCUT2D eigenvalue weighted by Gasteiger charge is -2.27. The molecule has 14 heteroatoms. The molecule has 2 aromatic carbocycles. The second-order valence-electron chi connectivity index (χ2n) is 11.7. The van der Waals surface area contributed by atoms with Crippen LogP contribution in [0.2, 0.25) is 20.1 Å². The zero-order valence-electron chi connectivity index (χ0n) is 24.9. The molecule has 0 bridgehead atoms. The summed E-state index contributed by atoms with van der Waals surface area (Å²) >= 11 is 24.9. The number of imidazole rings is 2. The van der Waals surface area contributed by atoms with Gasteiger partial charge in [0.1, 0.15) is 45.9 Å². The Kier molecular flexibility index (Phi) is 11.6. The van der Waals surface area contributed by atoms with Gasteiger partial charge >= 0.3 is 0 Å². The molecule has 0 aliphatic heterocycles. The number of H-pyrrole nitrogens is 1. The Hall–Kier alpha value is -2.02. The highest BCUT2D eigenvalue weighted by Crippen LogP contribution is 2.41. The Morgan fingerprint density at radius 3 is 1.84 bits per heavy atom. The van der Waals surface area contributed by atoms with E-state index < -0.39 is 0 Å². The van der Waals surface area contributed by atoms with Gasteiger partial charge in [-0.15, -0.1) is 0 Å². The predicted molar refractivity (Wildman–Crippen MR) is 176 cm³/mol. The minimum Gasteiger partial charge on any atom is -0.489 e. The fourth-order valence-electron chi connectivity index (χ4n) is 6.03. The topological polar surface area (TPSA) is 146 Å². The zero-order chi connectivity index (χ0) is 32.2. The van der Waals surface area contributed by atoms with Crippen molar-refractivity contribution in [1.82, 2.24) is 19.5 Å². The number of aryl methyl sites for hydroxylation is 1. The van der Waals surface area contributed by atoms with Gasteiger partial charge in [-0.25, -0.2) is 9.97 Å². The normalized spacial score (nSPS) is 22.0. The fourth-order valence-corrected chi connectivity index (χ4v) is 6.81. The van der Waals surface area contributed by atoms with Gasteiger partial charge in [0.2, 0.25) is 0 Å². The largest absolute Gasteiger partial charge is 0.489 e. The fraction of sp³-hybridized carbons (Fsp3) is 0.548. The quantitative estimate of drug-likeness (QED) is 0.138. The van der Waals surface area contributed by atoms with Crippen molar-refractivity contribution in [3.63, 3.8) is 0 Å². The molecule has 45 heavy (non-hydrogen) atoms. The molecule has 0 amide bonds. The van der Waals surface area contributed by atoms with Crippen LogP contribution in [0.1, 0.15) is 63.0 Å². The third-order valence-corrected chi connectivity index (χ3v) is 10.2. The molecule has 6 rings (SSSR count). The van der Waals surface area contributed by atoms with Crippen LogP contribution in [0.4, 0.5) is 0 Å². The van der Waals surface area contributed by atoms with Gasteiger partial charge in [0.05, 0.1) is 46.5 Å². The molecular weight excluding hydrogens is 666 g/mol. The minimum atomic E-state index is -0.339. The van der Waals surface area contributed by atoms with E-state index in [1.54, 1.807) is 23.7 Å². The maximum absolute atomic E-state index is 10.1. The summed E-state index contributed by atoms with van der Waals surface area (Å²) in [7, 11) is 1.81. The number of ether oxygens (including phenoxy) is 2. The average Bonchev–Trinajstić information content (AvgIpc) is 3.59. The van der Waals surface area contributed by atoms with Crippen molar-refractivity contribution in [2.75, 3.05) is 13.2 Å². The molecule has 0 radical (unpaired) electrons. The number of benzene rings is 2. The van der Waals surface area contributed by atoms with Crippen molar-refractivity contribution in [1.29, 1.82) is 0 Å². The van der Waals surface area contributed by atoms with Crippen molar-refractivity contribution < 1.29 is 29.9 Å². The number of aromatic amines is 1. The lowest BCUT2D eigenvalue weighted by molar-refractivity contribution is 0.0423. The number of halogens is 4. The third-order valence-electron chi connectivity index (χ3n) is 8.71. The number of fused-ring (bicyclic) bond motifs is 2. The Bertz CT molecular complexity index is 1630. The summed E-state index contributed by atoms with van der Waals surface area (Å²) in [5.41, 5.74) is 2.54. The zero-order valence-corrected chi connectivity index (χ0v) is 27.9. The van der Waals surface area contributed by atoms with E-state index in [0.29, 0.717) is 73.0 Å². The number of nitrogens with one attached hydrogen (secondary N) is 1. The van der Waals surface area contributed by atoms with E-state index in [1.807, 2.05) is 0 Å². The number of aliphatic hydroxyl groups is 4. The summed E-state index contributed by atoms with van der Waals surface area (Å²) in [6, 6.07) is 3.38. The molecule has 2 fully saturated rings. The highest BCUT2D eigenvalue weighted by molar-refractivity contribution is 6.44. The van der Waals surface area contributed by atoms with Gasteiger partial charge in [0.25, 0.3) is 0 Å². The van der Waals surface area contributed by atoms with Crippen molar-refractivity contribution in [2.24, 2.45) is 18.9 Å². The molecule has 5 N–H and O–H groups in total. The lowest BCUT2D eigenvalue weighted by Crippen LogP contribution is -2.29. The van der Waals surface area contributed by atoms with Gasteiger partial charge in [-0.3, -0.25) is 0 Å². The van der Waals surface area contributed by atoms with E-state index in [9.17, 15) is 20.4 Å². The van der Waals surface area contributed by atoms with Gasteiger partial charge in [-0.2, -0.15) is 0 Å². The van der Waals surface area contributed by atoms with E-state index in [4.69, 9.17) is 55.9 Å². The molecule has 2 aromatic heterocycles. The second kappa shape index (κ2) is 15.3. The standard InChI is InChI=1S/C16H20Cl2N2O3.C15H18Cl2N2O3/c1-20-11-6-10(17)14(18)16(15(11)19-13(20)7-21)23-8-9-4-2-3-5-12(9)22;16-9-5-10-14(19-12(6-20)18-10)15(13(9)17)22-7-8-3-1-2-4-11(8)21/h6,9,12,21-22H,2-5,7-8H2,1H3;5,8,11,20-21H,1-4,6-7H2,(H,18,19)/t9-,12+;8-,11+/m11/s1. The van der Waals surface area contributed by atoms with Crippen LogP contribution in [0.15, 0.2) is 12.1 Å². The van der Waals surface area contributed by atoms with Crippen LogP contribution in [-0.2, 0) is 20.3 Å². The van der Waals surface area contributed by atoms with Crippen LogP contribution in [0.25, 0.3) is 22.1 Å². The molecule has 0 unspecified atom stereocenters. The van der Waals surface area contributed by atoms with Gasteiger partial charge in [-0.1, -0.05) is 72.1 Å². The van der Waals surface area contributed by atoms with E-state index in [0.717, 1.165) is 56.9 Å². The van der Waals surface area contributed by atoms with E-state index in [1.165, 1.54) is 0 Å². The first-order valence-corrected chi connectivity index (χ1v) is 16.7. The molecule has 2 aliphatic rings. The number of hydrogen-bond donors (Lipinski definition) is 5. The molecule has 246 valence electrons. The maximum atomic E-state index is 10.1. The first-order valence-electron chi connectivity index (χ1n) is 15.2. The molecular formula is C31H38Cl4N4O6. The van der Waals surface area contributed by atoms with Gasteiger partial charge in [-0.05, 0) is 37.8 Å². The summed E-state index contributed by atoms with van der Waals surface area (Å²) < 4.78 is 13.5. The first kappa shape index (κ1) is 34.3. The molecule has 2 aliphatic carbocycles. The first-order chi connectivity index (χ1) is 21.6. The molecule has 10 nitrogen and oxygen atoms in total. The molecule has 2 heterocycles. The Labute approximate surface area is 281 Å². The van der Waals surface area contributed by atoms with Crippen LogP contribution in [0.3, 0.4) is 0 Å². The van der Waals surface area contributed by atoms with Crippen molar-refractivity contribution >= 4 is 68.5 Å². The highest BCUT2D eigenvalue weighted by atomic mass is 35.5. The van der Waals surface area contributed by atoms with Crippen LogP contribution in [-0.4, -0.2) is 65.4 Å². The number of nitrogens with zero attached hydrogens (tertiary/aromatic N) is 3. The van der Waals surface area contributed by atoms with E-state index >= 15 is 0 Å². The summed E-state index contributed by atoms with van der Waals surface area (Å²) in [5.74, 6) is 1.95. The summed E-state index contributed by atoms with van der Waals surface area (Å²) in [6.07, 6.45) is 7.12. The van der Waals surface area contributed by atoms with Crippen molar-refractivity contribution in [3.8, 4) is 11.5 Å². The summed E-state index contributed by atoms with van der Waals surface area (Å²) in [4.78, 5) is 11.6. The predicted octanol–water partition coefficient (Wildman–Crippen LogP) is 6.59. The Balaban J connectivity index is 0.000000178. The van der Waals surface area contributed by atoms with Gasteiger partial charge in [0, 0.05) is 18.9 Å². The molecule has 4 atom stereocenters. The van der Waals surface area contributed by atoms with E-state index in [2.05, 4.69) is 15.0 Å². The number of aliphatic hydroxyl groups excluding tert-OH is 4. The summed E-state index contributed by atoms with van der Waals surface area (Å²) in [6.45, 7) is 0.366. The SMILES string of the molecule is Cn1c(CO)nc2c(OC[C@H]3CCCC[C@@H]3O)c(Cl)c(Cl)cc21.OCc1nc2c(OC[C@H]3CCCC[C@@H]3O)c(Cl)c(Cl)cc2[nH]1. The van der Waals surface area contributed by atoms with Crippen molar-refractivity contribution in [3.05, 3.63) is 43.9 Å². The van der Waals surface area contributed by atoms with Crippen LogP contribution >= 0.6 is 46.4 Å². The second-order valence-corrected chi connectivity index (χ2v) is 13.3. The van der Waals surface area contributed by atoms with E-state index in [-0.39, 0.29) is 37.3 Å². The minimum absolute atomic E-state index is 0.0925. The van der Waals surface area contributed by atoms with Gasteiger partial charge < -0.3 is 39.5 Å². The van der Waals surface area contributed by atoms with Crippen LogP contribution < -0.4 is 9.47 Å². The van der Waals surface area contributed by atoms with Gasteiger partial charge in [0.15, 0.2) is 11.5 Å². The maximum Gasteiger partial charge on any atom is 0.167 e. The van der Waals surface area contributed by atoms with Crippen molar-refractivity contribution in [2.45, 2.75) is 76.8 Å². The number of aromatic nitrogens is 4. The highest BCUT2D eigenvalue weighted by Gasteiger charge is 2.27. The molecule has 2 saturated carbocycles. The molecule has 0 saturated heterocycles. The molecule has 0 spiro atoms. The average molecular weight is 704 g/mol. The lowest BCUT2D eigenvalue weighted by atomic mass is 9.87. The number of hydrogen-bond acceptors (Lipinski definition) is 8. The smallest absolute Gasteiger partial charge is 0.167 e.